The first-order valence-corrected chi connectivity index (χ1v) is 5.80. The Bertz CT molecular complexity index is 539. The highest BCUT2D eigenvalue weighted by atomic mass is 16.5. The molecule has 92 valence electrons. The molecule has 0 amide bonds. The van der Waals surface area contributed by atoms with E-state index in [1.54, 1.807) is 0 Å². The number of aliphatic imine (C=N–C) groups is 1. The molecule has 1 aromatic carbocycles. The van der Waals surface area contributed by atoms with Gasteiger partial charge in [0.2, 0.25) is 0 Å². The lowest BCUT2D eigenvalue weighted by atomic mass is 10.0. The number of ether oxygens (including phenoxy) is 1. The molecule has 18 heavy (non-hydrogen) atoms. The van der Waals surface area contributed by atoms with E-state index in [1.807, 2.05) is 49.5 Å². The third-order valence-electron chi connectivity index (χ3n) is 2.88. The summed E-state index contributed by atoms with van der Waals surface area (Å²) in [5.41, 5.74) is 3.44. The fourth-order valence-electron chi connectivity index (χ4n) is 1.84. The van der Waals surface area contributed by atoms with Crippen molar-refractivity contribution in [2.24, 2.45) is 4.99 Å². The molecule has 0 aromatic heterocycles. The SMILES string of the molecule is COC(=O)C1=CCC(c2ccccc2)=CN=C1C. The smallest absolute Gasteiger partial charge is 0.339 e. The minimum Gasteiger partial charge on any atom is -0.465 e. The number of nitrogens with zero attached hydrogens (tertiary/aromatic N) is 1. The number of carbonyl (C=O) groups excluding carboxylic acids is 1. The Morgan fingerprint density at radius 2 is 2.00 bits per heavy atom. The molecule has 1 heterocycles. The van der Waals surface area contributed by atoms with Crippen LogP contribution >= 0.6 is 0 Å². The lowest BCUT2D eigenvalue weighted by Gasteiger charge is -2.03. The number of hydrogen-bond donors (Lipinski definition) is 0. The van der Waals surface area contributed by atoms with Gasteiger partial charge in [-0.25, -0.2) is 4.79 Å². The van der Waals surface area contributed by atoms with E-state index in [2.05, 4.69) is 4.99 Å². The van der Waals surface area contributed by atoms with Gasteiger partial charge in [-0.2, -0.15) is 0 Å². The maximum absolute atomic E-state index is 11.6. The van der Waals surface area contributed by atoms with Crippen LogP contribution in [0.15, 0.2) is 53.2 Å². The maximum atomic E-state index is 11.6. The highest BCUT2D eigenvalue weighted by Crippen LogP contribution is 2.22. The van der Waals surface area contributed by atoms with Gasteiger partial charge >= 0.3 is 5.97 Å². The number of hydrogen-bond acceptors (Lipinski definition) is 3. The largest absolute Gasteiger partial charge is 0.465 e. The molecule has 0 aliphatic carbocycles. The van der Waals surface area contributed by atoms with Crippen LogP contribution in [0.1, 0.15) is 18.9 Å². The number of rotatable bonds is 2. The van der Waals surface area contributed by atoms with E-state index in [4.69, 9.17) is 4.74 Å². The number of benzene rings is 1. The fourth-order valence-corrected chi connectivity index (χ4v) is 1.84. The van der Waals surface area contributed by atoms with Crippen molar-refractivity contribution in [1.29, 1.82) is 0 Å². The van der Waals surface area contributed by atoms with Gasteiger partial charge in [0.1, 0.15) is 0 Å². The van der Waals surface area contributed by atoms with Gasteiger partial charge in [0, 0.05) is 6.20 Å². The van der Waals surface area contributed by atoms with E-state index >= 15 is 0 Å². The summed E-state index contributed by atoms with van der Waals surface area (Å²) >= 11 is 0. The molecule has 0 saturated carbocycles. The quantitative estimate of drug-likeness (QED) is 0.746. The van der Waals surface area contributed by atoms with E-state index in [0.29, 0.717) is 17.7 Å². The number of methoxy groups -OCH3 is 1. The Hall–Kier alpha value is -2.16. The first-order chi connectivity index (χ1) is 8.72. The summed E-state index contributed by atoms with van der Waals surface area (Å²) in [5, 5.41) is 0. The zero-order valence-electron chi connectivity index (χ0n) is 10.5. The van der Waals surface area contributed by atoms with Crippen LogP contribution in [-0.4, -0.2) is 18.8 Å². The van der Waals surface area contributed by atoms with Crippen LogP contribution in [0.5, 0.6) is 0 Å². The van der Waals surface area contributed by atoms with Crippen molar-refractivity contribution in [3.8, 4) is 0 Å². The zero-order chi connectivity index (χ0) is 13.0. The minimum absolute atomic E-state index is 0.334. The van der Waals surface area contributed by atoms with Crippen LogP contribution < -0.4 is 0 Å². The molecular weight excluding hydrogens is 226 g/mol. The third-order valence-corrected chi connectivity index (χ3v) is 2.88. The summed E-state index contributed by atoms with van der Waals surface area (Å²) < 4.78 is 4.75. The lowest BCUT2D eigenvalue weighted by Crippen LogP contribution is -2.11. The van der Waals surface area contributed by atoms with Gasteiger partial charge in [0.25, 0.3) is 0 Å². The highest BCUT2D eigenvalue weighted by molar-refractivity contribution is 6.19. The topological polar surface area (TPSA) is 38.7 Å². The van der Waals surface area contributed by atoms with E-state index in [-0.39, 0.29) is 5.97 Å². The first kappa shape index (κ1) is 12.3. The Morgan fingerprint density at radius 3 is 2.67 bits per heavy atom. The van der Waals surface area contributed by atoms with Gasteiger partial charge in [-0.3, -0.25) is 4.99 Å². The van der Waals surface area contributed by atoms with Crippen LogP contribution in [0.2, 0.25) is 0 Å². The molecule has 0 radical (unpaired) electrons. The van der Waals surface area contributed by atoms with Gasteiger partial charge in [0.15, 0.2) is 0 Å². The van der Waals surface area contributed by atoms with Crippen molar-refractivity contribution in [3.63, 3.8) is 0 Å². The van der Waals surface area contributed by atoms with E-state index in [1.165, 1.54) is 7.11 Å². The van der Waals surface area contributed by atoms with Crippen LogP contribution in [0.25, 0.3) is 5.57 Å². The van der Waals surface area contributed by atoms with Crippen molar-refractivity contribution in [2.75, 3.05) is 7.11 Å². The number of carbonyl (C=O) groups is 1. The van der Waals surface area contributed by atoms with Gasteiger partial charge in [-0.05, 0) is 24.5 Å². The van der Waals surface area contributed by atoms with Crippen molar-refractivity contribution < 1.29 is 9.53 Å². The Labute approximate surface area is 107 Å². The summed E-state index contributed by atoms with van der Waals surface area (Å²) in [6.07, 6.45) is 4.36. The minimum atomic E-state index is -0.334. The summed E-state index contributed by atoms with van der Waals surface area (Å²) in [6, 6.07) is 10.0. The molecule has 2 rings (SSSR count). The van der Waals surface area contributed by atoms with Gasteiger partial charge in [-0.1, -0.05) is 36.4 Å². The second kappa shape index (κ2) is 5.45. The molecule has 0 saturated heterocycles. The predicted octanol–water partition coefficient (Wildman–Crippen LogP) is 2.99. The van der Waals surface area contributed by atoms with Crippen LogP contribution in [0, 0.1) is 0 Å². The van der Waals surface area contributed by atoms with Crippen LogP contribution in [0.4, 0.5) is 0 Å². The van der Waals surface area contributed by atoms with Gasteiger partial charge in [-0.15, -0.1) is 0 Å². The van der Waals surface area contributed by atoms with Crippen molar-refractivity contribution >= 4 is 17.3 Å². The van der Waals surface area contributed by atoms with E-state index in [9.17, 15) is 4.79 Å². The molecule has 3 nitrogen and oxygen atoms in total. The Balaban J connectivity index is 2.31. The van der Waals surface area contributed by atoms with Crippen molar-refractivity contribution in [1.82, 2.24) is 0 Å². The summed E-state index contributed by atoms with van der Waals surface area (Å²) in [7, 11) is 1.38. The van der Waals surface area contributed by atoms with Gasteiger partial charge in [0.05, 0.1) is 18.4 Å². The third kappa shape index (κ3) is 2.56. The molecule has 0 bridgehead atoms. The van der Waals surface area contributed by atoms with E-state index < -0.39 is 0 Å². The normalized spacial score (nSPS) is 15.1. The number of allylic oxidation sites excluding steroid dienone is 2. The predicted molar refractivity (Wildman–Crippen MR) is 72.2 cm³/mol. The highest BCUT2D eigenvalue weighted by Gasteiger charge is 2.15. The van der Waals surface area contributed by atoms with Gasteiger partial charge < -0.3 is 4.74 Å². The Morgan fingerprint density at radius 1 is 1.28 bits per heavy atom. The van der Waals surface area contributed by atoms with E-state index in [0.717, 1.165) is 11.1 Å². The average Bonchev–Trinajstić information content (AvgIpc) is 2.61. The molecule has 1 aromatic rings. The fraction of sp³-hybridized carbons (Fsp3) is 0.200. The maximum Gasteiger partial charge on any atom is 0.339 e. The second-order valence-electron chi connectivity index (χ2n) is 4.05. The molecule has 3 heteroatoms. The molecule has 0 atom stereocenters. The molecular formula is C15H15NO2. The molecule has 0 N–H and O–H groups in total. The molecule has 1 aliphatic rings. The summed E-state index contributed by atoms with van der Waals surface area (Å²) in [6.45, 7) is 1.81. The summed E-state index contributed by atoms with van der Waals surface area (Å²) in [4.78, 5) is 15.9. The molecule has 1 aliphatic heterocycles. The monoisotopic (exact) mass is 241 g/mol. The second-order valence-corrected chi connectivity index (χ2v) is 4.05. The standard InChI is InChI=1S/C15H15NO2/c1-11-14(15(17)18-2)9-8-13(10-16-11)12-6-4-3-5-7-12/h3-7,9-10H,8H2,1-2H3. The molecule has 0 fully saturated rings. The zero-order valence-corrected chi connectivity index (χ0v) is 10.5. The van der Waals surface area contributed by atoms with Crippen LogP contribution in [-0.2, 0) is 9.53 Å². The summed E-state index contributed by atoms with van der Waals surface area (Å²) in [5.74, 6) is -0.334. The Kier molecular flexibility index (Phi) is 3.72. The molecule has 0 unspecified atom stereocenters. The molecule has 0 spiro atoms. The van der Waals surface area contributed by atoms with Crippen molar-refractivity contribution in [2.45, 2.75) is 13.3 Å². The number of esters is 1. The average molecular weight is 241 g/mol. The van der Waals surface area contributed by atoms with Crippen LogP contribution in [0.3, 0.4) is 0 Å². The lowest BCUT2D eigenvalue weighted by molar-refractivity contribution is -0.135. The van der Waals surface area contributed by atoms with Crippen molar-refractivity contribution in [3.05, 3.63) is 53.7 Å². The first-order valence-electron chi connectivity index (χ1n) is 5.80.